The molecule has 0 aliphatic rings. The zero-order valence-corrected chi connectivity index (χ0v) is 16.5. The molecule has 0 aliphatic carbocycles. The van der Waals surface area contributed by atoms with E-state index in [4.69, 9.17) is 14.8 Å². The second kappa shape index (κ2) is 8.85. The maximum absolute atomic E-state index is 11.0. The fraction of sp³-hybridized carbons (Fsp3) is 0. The Kier molecular flexibility index (Phi) is 5.64. The van der Waals surface area contributed by atoms with Gasteiger partial charge in [-0.25, -0.2) is 4.79 Å². The van der Waals surface area contributed by atoms with Gasteiger partial charge in [0.05, 0.1) is 0 Å². The molecule has 1 heterocycles. The molecule has 5 nitrogen and oxygen atoms in total. The zero-order chi connectivity index (χ0) is 21.6. The number of furan rings is 1. The van der Waals surface area contributed by atoms with E-state index in [0.717, 1.165) is 22.6 Å². The smallest absolute Gasteiger partial charge is 0.346 e. The monoisotopic (exact) mass is 406 g/mol. The number of carboxylic acid groups (broad SMARTS) is 1. The van der Waals surface area contributed by atoms with Gasteiger partial charge in [0.25, 0.3) is 0 Å². The third-order valence-electron chi connectivity index (χ3n) is 4.70. The largest absolute Gasteiger partial charge is 0.477 e. The minimum atomic E-state index is -1.29. The van der Waals surface area contributed by atoms with Crippen LogP contribution in [0.5, 0.6) is 0 Å². The summed E-state index contributed by atoms with van der Waals surface area (Å²) in [4.78, 5) is 13.2. The van der Waals surface area contributed by atoms with Crippen LogP contribution in [0.4, 0.5) is 17.1 Å². The summed E-state index contributed by atoms with van der Waals surface area (Å²) in [5.41, 5.74) is 3.55. The summed E-state index contributed by atoms with van der Waals surface area (Å²) in [6, 6.07) is 33.2. The van der Waals surface area contributed by atoms with Crippen LogP contribution in [-0.2, 0) is 4.79 Å². The normalized spacial score (nSPS) is 11.0. The van der Waals surface area contributed by atoms with E-state index in [1.807, 2.05) is 60.7 Å². The van der Waals surface area contributed by atoms with Crippen molar-refractivity contribution in [3.8, 4) is 17.4 Å². The van der Waals surface area contributed by atoms with Gasteiger partial charge in [-0.15, -0.1) is 0 Å². The molecule has 3 aromatic carbocycles. The lowest BCUT2D eigenvalue weighted by atomic mass is 10.1. The molecule has 0 bridgehead atoms. The first kappa shape index (κ1) is 19.7. The molecule has 1 aromatic heterocycles. The van der Waals surface area contributed by atoms with Crippen LogP contribution in [-0.4, -0.2) is 11.1 Å². The Labute approximate surface area is 179 Å². The van der Waals surface area contributed by atoms with Crippen LogP contribution in [0.15, 0.2) is 107 Å². The Balaban J connectivity index is 1.66. The van der Waals surface area contributed by atoms with Gasteiger partial charge < -0.3 is 14.4 Å². The third-order valence-corrected chi connectivity index (χ3v) is 4.70. The van der Waals surface area contributed by atoms with E-state index in [1.54, 1.807) is 18.2 Å². The molecule has 5 heteroatoms. The van der Waals surface area contributed by atoms with Crippen molar-refractivity contribution in [3.05, 3.63) is 108 Å². The number of carboxylic acids is 1. The topological polar surface area (TPSA) is 77.5 Å². The highest BCUT2D eigenvalue weighted by Gasteiger charge is 2.13. The van der Waals surface area contributed by atoms with Gasteiger partial charge in [-0.3, -0.25) is 0 Å². The molecular weight excluding hydrogens is 388 g/mol. The molecule has 0 unspecified atom stereocenters. The SMILES string of the molecule is N#C/C(=C/c1ccc(-c2ccc(N(c3ccccc3)c3ccccc3)cc2)o1)C(=O)O. The van der Waals surface area contributed by atoms with E-state index in [-0.39, 0.29) is 5.57 Å². The van der Waals surface area contributed by atoms with Crippen molar-refractivity contribution in [3.63, 3.8) is 0 Å². The average Bonchev–Trinajstić information content (AvgIpc) is 3.28. The Morgan fingerprint density at radius 2 is 1.35 bits per heavy atom. The number of para-hydroxylation sites is 2. The number of anilines is 3. The van der Waals surface area contributed by atoms with Gasteiger partial charge in [0, 0.05) is 28.7 Å². The Bertz CT molecular complexity index is 1210. The Morgan fingerprint density at radius 3 is 1.87 bits per heavy atom. The second-order valence-electron chi connectivity index (χ2n) is 6.73. The molecule has 4 rings (SSSR count). The second-order valence-corrected chi connectivity index (χ2v) is 6.73. The highest BCUT2D eigenvalue weighted by molar-refractivity contribution is 5.96. The zero-order valence-electron chi connectivity index (χ0n) is 16.5. The molecular formula is C26H18N2O3. The molecule has 150 valence electrons. The minimum Gasteiger partial charge on any atom is -0.477 e. The van der Waals surface area contributed by atoms with Gasteiger partial charge in [-0.2, -0.15) is 5.26 Å². The summed E-state index contributed by atoms with van der Waals surface area (Å²) in [5.74, 6) is -0.383. The van der Waals surface area contributed by atoms with Crippen LogP contribution in [0.3, 0.4) is 0 Å². The molecule has 0 saturated carbocycles. The van der Waals surface area contributed by atoms with Crippen LogP contribution in [0, 0.1) is 11.3 Å². The number of aliphatic carboxylic acids is 1. The quantitative estimate of drug-likeness (QED) is 0.296. The van der Waals surface area contributed by atoms with Crippen LogP contribution in [0.1, 0.15) is 5.76 Å². The molecule has 4 aromatic rings. The summed E-state index contributed by atoms with van der Waals surface area (Å²) in [7, 11) is 0. The molecule has 0 radical (unpaired) electrons. The first-order valence-corrected chi connectivity index (χ1v) is 9.61. The van der Waals surface area contributed by atoms with Crippen molar-refractivity contribution in [1.82, 2.24) is 0 Å². The van der Waals surface area contributed by atoms with E-state index in [2.05, 4.69) is 29.2 Å². The first-order chi connectivity index (χ1) is 15.2. The van der Waals surface area contributed by atoms with Crippen molar-refractivity contribution in [2.45, 2.75) is 0 Å². The van der Waals surface area contributed by atoms with Crippen LogP contribution in [0.2, 0.25) is 0 Å². The fourth-order valence-corrected chi connectivity index (χ4v) is 3.25. The van der Waals surface area contributed by atoms with Gasteiger partial charge in [-0.1, -0.05) is 36.4 Å². The van der Waals surface area contributed by atoms with Crippen molar-refractivity contribution < 1.29 is 14.3 Å². The number of hydrogen-bond donors (Lipinski definition) is 1. The Hall–Kier alpha value is -4.56. The number of hydrogen-bond acceptors (Lipinski definition) is 4. The highest BCUT2D eigenvalue weighted by atomic mass is 16.4. The maximum atomic E-state index is 11.0. The molecule has 31 heavy (non-hydrogen) atoms. The summed E-state index contributed by atoms with van der Waals surface area (Å²) in [6.07, 6.45) is 1.22. The van der Waals surface area contributed by atoms with E-state index < -0.39 is 5.97 Å². The van der Waals surface area contributed by atoms with Crippen molar-refractivity contribution in [2.75, 3.05) is 4.90 Å². The highest BCUT2D eigenvalue weighted by Crippen LogP contribution is 2.35. The number of nitriles is 1. The predicted molar refractivity (Wildman–Crippen MR) is 120 cm³/mol. The molecule has 0 fully saturated rings. The van der Waals surface area contributed by atoms with Gasteiger partial charge >= 0.3 is 5.97 Å². The van der Waals surface area contributed by atoms with Gasteiger partial charge in [0.15, 0.2) is 0 Å². The molecule has 1 N–H and O–H groups in total. The average molecular weight is 406 g/mol. The summed E-state index contributed by atoms with van der Waals surface area (Å²) in [5, 5.41) is 17.9. The van der Waals surface area contributed by atoms with Gasteiger partial charge in [0.2, 0.25) is 0 Å². The standard InChI is InChI=1S/C26H18N2O3/c27-18-20(26(29)30)17-24-15-16-25(31-24)19-11-13-23(14-12-19)28(21-7-3-1-4-8-21)22-9-5-2-6-10-22/h1-17H,(H,29,30)/b20-17-. The fourth-order valence-electron chi connectivity index (χ4n) is 3.25. The van der Waals surface area contributed by atoms with Crippen LogP contribution >= 0.6 is 0 Å². The maximum Gasteiger partial charge on any atom is 0.346 e. The summed E-state index contributed by atoms with van der Waals surface area (Å²) in [6.45, 7) is 0. The molecule has 0 saturated heterocycles. The lowest BCUT2D eigenvalue weighted by Crippen LogP contribution is -2.09. The van der Waals surface area contributed by atoms with E-state index in [9.17, 15) is 4.79 Å². The number of carbonyl (C=O) groups is 1. The van der Waals surface area contributed by atoms with E-state index in [0.29, 0.717) is 11.5 Å². The van der Waals surface area contributed by atoms with Crippen molar-refractivity contribution in [1.29, 1.82) is 5.26 Å². The predicted octanol–water partition coefficient (Wildman–Crippen LogP) is 6.41. The number of nitrogens with zero attached hydrogens (tertiary/aromatic N) is 2. The van der Waals surface area contributed by atoms with Gasteiger partial charge in [0.1, 0.15) is 23.2 Å². The van der Waals surface area contributed by atoms with Gasteiger partial charge in [-0.05, 0) is 60.7 Å². The van der Waals surface area contributed by atoms with Crippen LogP contribution in [0.25, 0.3) is 17.4 Å². The minimum absolute atomic E-state index is 0.313. The first-order valence-electron chi connectivity index (χ1n) is 9.61. The lowest BCUT2D eigenvalue weighted by Gasteiger charge is -2.25. The summed E-state index contributed by atoms with van der Waals surface area (Å²) >= 11 is 0. The summed E-state index contributed by atoms with van der Waals surface area (Å²) < 4.78 is 5.72. The van der Waals surface area contributed by atoms with Crippen molar-refractivity contribution in [2.24, 2.45) is 0 Å². The van der Waals surface area contributed by atoms with Crippen LogP contribution < -0.4 is 4.90 Å². The van der Waals surface area contributed by atoms with Crippen molar-refractivity contribution >= 4 is 29.1 Å². The molecule has 0 atom stereocenters. The third kappa shape index (κ3) is 4.39. The Morgan fingerprint density at radius 1 is 0.806 bits per heavy atom. The number of rotatable bonds is 6. The van der Waals surface area contributed by atoms with E-state index in [1.165, 1.54) is 6.08 Å². The lowest BCUT2D eigenvalue weighted by molar-refractivity contribution is -0.132. The molecule has 0 amide bonds. The van der Waals surface area contributed by atoms with E-state index >= 15 is 0 Å². The molecule has 0 spiro atoms. The molecule has 0 aliphatic heterocycles. The number of benzene rings is 3.